The zero-order valence-electron chi connectivity index (χ0n) is 15.7. The van der Waals surface area contributed by atoms with Gasteiger partial charge >= 0.3 is 0 Å². The summed E-state index contributed by atoms with van der Waals surface area (Å²) in [5.41, 5.74) is 3.45. The Morgan fingerprint density at radius 3 is 2.71 bits per heavy atom. The molecule has 2 aromatic carbocycles. The molecule has 1 amide bonds. The number of fused-ring (bicyclic) bond motifs is 4. The zero-order chi connectivity index (χ0) is 19.1. The van der Waals surface area contributed by atoms with Crippen molar-refractivity contribution >= 4 is 16.9 Å². The van der Waals surface area contributed by atoms with E-state index in [2.05, 4.69) is 10.2 Å². The van der Waals surface area contributed by atoms with Crippen LogP contribution in [-0.4, -0.2) is 41.6 Å². The number of nitrogens with zero attached hydrogens (tertiary/aromatic N) is 1. The van der Waals surface area contributed by atoms with Crippen molar-refractivity contribution in [2.24, 2.45) is 5.92 Å². The minimum atomic E-state index is -0.134. The number of rotatable bonds is 4. The molecule has 144 valence electrons. The van der Waals surface area contributed by atoms with Crippen molar-refractivity contribution in [2.45, 2.75) is 25.5 Å². The standard InChI is InChI=1S/C23H24N2O3/c26-14-15-3-1-4-17(11-15)19-6-2-5-18-12-21(28-22(18)19)23(27)24-20-13-25-9-7-16(20)8-10-25/h1-6,11-12,16,20,26H,7-10,13-14H2,(H,24,27). The zero-order valence-corrected chi connectivity index (χ0v) is 15.7. The molecule has 5 nitrogen and oxygen atoms in total. The van der Waals surface area contributed by atoms with Gasteiger partial charge in [-0.05, 0) is 55.1 Å². The van der Waals surface area contributed by atoms with Gasteiger partial charge in [-0.15, -0.1) is 0 Å². The first-order valence-electron chi connectivity index (χ1n) is 9.97. The van der Waals surface area contributed by atoms with Crippen LogP contribution in [0, 0.1) is 5.92 Å². The summed E-state index contributed by atoms with van der Waals surface area (Å²) in [5.74, 6) is 0.803. The van der Waals surface area contributed by atoms with Crippen LogP contribution in [0.2, 0.25) is 0 Å². The van der Waals surface area contributed by atoms with E-state index in [1.54, 1.807) is 0 Å². The summed E-state index contributed by atoms with van der Waals surface area (Å²) in [5, 5.41) is 13.5. The van der Waals surface area contributed by atoms with E-state index in [0.717, 1.165) is 54.6 Å². The molecule has 5 heteroatoms. The summed E-state index contributed by atoms with van der Waals surface area (Å²) >= 11 is 0. The lowest BCUT2D eigenvalue weighted by Gasteiger charge is -2.44. The van der Waals surface area contributed by atoms with Crippen molar-refractivity contribution in [3.63, 3.8) is 0 Å². The number of para-hydroxylation sites is 1. The highest BCUT2D eigenvalue weighted by atomic mass is 16.3. The number of carbonyl (C=O) groups is 1. The number of furan rings is 1. The van der Waals surface area contributed by atoms with E-state index < -0.39 is 0 Å². The molecule has 2 N–H and O–H groups in total. The molecule has 2 bridgehead atoms. The van der Waals surface area contributed by atoms with Crippen molar-refractivity contribution in [3.8, 4) is 11.1 Å². The van der Waals surface area contributed by atoms with Crippen LogP contribution in [0.15, 0.2) is 52.9 Å². The number of benzene rings is 2. The second kappa shape index (κ2) is 7.08. The third-order valence-electron chi connectivity index (χ3n) is 6.16. The lowest BCUT2D eigenvalue weighted by Crippen LogP contribution is -2.57. The minimum Gasteiger partial charge on any atom is -0.450 e. The Balaban J connectivity index is 1.44. The second-order valence-electron chi connectivity index (χ2n) is 7.91. The summed E-state index contributed by atoms with van der Waals surface area (Å²) in [6.45, 7) is 3.24. The van der Waals surface area contributed by atoms with Gasteiger partial charge in [0, 0.05) is 23.5 Å². The molecule has 1 atom stereocenters. The van der Waals surface area contributed by atoms with E-state index in [0.29, 0.717) is 17.3 Å². The number of aliphatic hydroxyl groups is 1. The van der Waals surface area contributed by atoms with Crippen LogP contribution < -0.4 is 5.32 Å². The van der Waals surface area contributed by atoms with Gasteiger partial charge in [0.05, 0.1) is 6.61 Å². The Hall–Kier alpha value is -2.63. The molecule has 4 heterocycles. The van der Waals surface area contributed by atoms with Crippen molar-refractivity contribution in [1.82, 2.24) is 10.2 Å². The SMILES string of the molecule is O=C(NC1CN2CCC1CC2)c1cc2cccc(-c3cccc(CO)c3)c2o1. The maximum Gasteiger partial charge on any atom is 0.287 e. The second-order valence-corrected chi connectivity index (χ2v) is 7.91. The smallest absolute Gasteiger partial charge is 0.287 e. The average Bonchev–Trinajstić information content (AvgIpc) is 3.19. The van der Waals surface area contributed by atoms with Gasteiger partial charge in [0.2, 0.25) is 0 Å². The molecule has 28 heavy (non-hydrogen) atoms. The molecule has 3 saturated heterocycles. The van der Waals surface area contributed by atoms with Crippen LogP contribution >= 0.6 is 0 Å². The first-order chi connectivity index (χ1) is 13.7. The van der Waals surface area contributed by atoms with Crippen molar-refractivity contribution in [1.29, 1.82) is 0 Å². The monoisotopic (exact) mass is 376 g/mol. The summed E-state index contributed by atoms with van der Waals surface area (Å²) < 4.78 is 6.02. The van der Waals surface area contributed by atoms with Crippen LogP contribution in [0.4, 0.5) is 0 Å². The third kappa shape index (κ3) is 3.11. The van der Waals surface area contributed by atoms with Gasteiger partial charge in [-0.3, -0.25) is 4.79 Å². The first-order valence-corrected chi connectivity index (χ1v) is 9.97. The van der Waals surface area contributed by atoms with Gasteiger partial charge in [0.1, 0.15) is 5.58 Å². The van der Waals surface area contributed by atoms with Crippen molar-refractivity contribution in [2.75, 3.05) is 19.6 Å². The van der Waals surface area contributed by atoms with Gasteiger partial charge in [0.25, 0.3) is 5.91 Å². The fraction of sp³-hybridized carbons (Fsp3) is 0.348. The molecule has 0 radical (unpaired) electrons. The molecule has 1 aromatic heterocycles. The molecular weight excluding hydrogens is 352 g/mol. The van der Waals surface area contributed by atoms with Gasteiger partial charge in [-0.1, -0.05) is 36.4 Å². The van der Waals surface area contributed by atoms with Gasteiger partial charge < -0.3 is 19.7 Å². The highest BCUT2D eigenvalue weighted by molar-refractivity contribution is 6.00. The quantitative estimate of drug-likeness (QED) is 0.732. The lowest BCUT2D eigenvalue weighted by molar-refractivity contribution is 0.0607. The Morgan fingerprint density at radius 2 is 1.96 bits per heavy atom. The molecule has 0 saturated carbocycles. The molecule has 3 aliphatic heterocycles. The number of hydrogen-bond acceptors (Lipinski definition) is 4. The average molecular weight is 376 g/mol. The molecule has 0 spiro atoms. The van der Waals surface area contributed by atoms with Gasteiger partial charge in [-0.2, -0.15) is 0 Å². The summed E-state index contributed by atoms with van der Waals surface area (Å²) in [4.78, 5) is 15.3. The molecular formula is C23H24N2O3. The minimum absolute atomic E-state index is 0.00476. The Morgan fingerprint density at radius 1 is 1.14 bits per heavy atom. The van der Waals surface area contributed by atoms with Crippen LogP contribution in [0.25, 0.3) is 22.1 Å². The van der Waals surface area contributed by atoms with E-state index in [1.807, 2.05) is 48.5 Å². The maximum atomic E-state index is 12.9. The largest absolute Gasteiger partial charge is 0.450 e. The van der Waals surface area contributed by atoms with Gasteiger partial charge in [0.15, 0.2) is 5.76 Å². The Labute approximate surface area is 164 Å². The van der Waals surface area contributed by atoms with E-state index in [-0.39, 0.29) is 18.6 Å². The Bertz CT molecular complexity index is 1020. The fourth-order valence-corrected chi connectivity index (χ4v) is 4.61. The predicted molar refractivity (Wildman–Crippen MR) is 108 cm³/mol. The van der Waals surface area contributed by atoms with E-state index in [9.17, 15) is 9.90 Å². The van der Waals surface area contributed by atoms with E-state index in [1.165, 1.54) is 0 Å². The van der Waals surface area contributed by atoms with Gasteiger partial charge in [-0.25, -0.2) is 0 Å². The molecule has 6 rings (SSSR count). The van der Waals surface area contributed by atoms with E-state index in [4.69, 9.17) is 4.42 Å². The molecule has 3 aromatic rings. The highest BCUT2D eigenvalue weighted by Crippen LogP contribution is 2.32. The number of aliphatic hydroxyl groups excluding tert-OH is 1. The Kier molecular flexibility index (Phi) is 4.41. The number of amides is 1. The van der Waals surface area contributed by atoms with Crippen LogP contribution in [0.5, 0.6) is 0 Å². The van der Waals surface area contributed by atoms with Crippen LogP contribution in [-0.2, 0) is 6.61 Å². The molecule has 3 fully saturated rings. The highest BCUT2D eigenvalue weighted by Gasteiger charge is 2.35. The summed E-state index contributed by atoms with van der Waals surface area (Å²) in [7, 11) is 0. The molecule has 0 aliphatic carbocycles. The topological polar surface area (TPSA) is 65.7 Å². The first kappa shape index (κ1) is 17.5. The fourth-order valence-electron chi connectivity index (χ4n) is 4.61. The maximum absolute atomic E-state index is 12.9. The number of piperidine rings is 3. The molecule has 1 unspecified atom stereocenters. The molecule has 3 aliphatic rings. The summed E-state index contributed by atoms with van der Waals surface area (Å²) in [6.07, 6.45) is 2.33. The van der Waals surface area contributed by atoms with E-state index >= 15 is 0 Å². The number of nitrogens with one attached hydrogen (secondary N) is 1. The third-order valence-corrected chi connectivity index (χ3v) is 6.16. The van der Waals surface area contributed by atoms with Crippen molar-refractivity contribution < 1.29 is 14.3 Å². The van der Waals surface area contributed by atoms with Crippen LogP contribution in [0.3, 0.4) is 0 Å². The van der Waals surface area contributed by atoms with Crippen LogP contribution in [0.1, 0.15) is 29.0 Å². The number of carbonyl (C=O) groups excluding carboxylic acids is 1. The predicted octanol–water partition coefficient (Wildman–Crippen LogP) is 3.42. The number of hydrogen-bond donors (Lipinski definition) is 2. The van der Waals surface area contributed by atoms with Crippen molar-refractivity contribution in [3.05, 3.63) is 59.9 Å². The lowest BCUT2D eigenvalue weighted by atomic mass is 9.84. The normalized spacial score (nSPS) is 23.8. The summed E-state index contributed by atoms with van der Waals surface area (Å²) in [6, 6.07) is 15.7.